The Balaban J connectivity index is 2.40. The monoisotopic (exact) mass is 241 g/mol. The van der Waals surface area contributed by atoms with Crippen LogP contribution in [0.5, 0.6) is 0 Å². The molecule has 0 aliphatic heterocycles. The van der Waals surface area contributed by atoms with Crippen molar-refractivity contribution in [3.05, 3.63) is 23.8 Å². The summed E-state index contributed by atoms with van der Waals surface area (Å²) >= 11 is 0. The average molecular weight is 241 g/mol. The molecule has 0 aromatic rings. The SMILES string of the molecule is CC(C)(C)OC(=O)NCC1=CC=CC(O)(O)C1. The number of aliphatic hydroxyl groups is 2. The van der Waals surface area contributed by atoms with E-state index in [0.29, 0.717) is 0 Å². The van der Waals surface area contributed by atoms with Crippen LogP contribution in [-0.2, 0) is 4.74 Å². The summed E-state index contributed by atoms with van der Waals surface area (Å²) in [5.74, 6) is -1.82. The molecule has 0 radical (unpaired) electrons. The maximum absolute atomic E-state index is 11.4. The Morgan fingerprint density at radius 3 is 2.71 bits per heavy atom. The maximum Gasteiger partial charge on any atom is 0.407 e. The van der Waals surface area contributed by atoms with E-state index in [4.69, 9.17) is 4.74 Å². The van der Waals surface area contributed by atoms with Gasteiger partial charge in [-0.05, 0) is 32.4 Å². The Kier molecular flexibility index (Phi) is 3.95. The van der Waals surface area contributed by atoms with Gasteiger partial charge in [0.1, 0.15) is 5.60 Å². The molecule has 1 aliphatic rings. The van der Waals surface area contributed by atoms with Crippen LogP contribution < -0.4 is 5.32 Å². The summed E-state index contributed by atoms with van der Waals surface area (Å²) in [7, 11) is 0. The van der Waals surface area contributed by atoms with Gasteiger partial charge < -0.3 is 20.3 Å². The van der Waals surface area contributed by atoms with Gasteiger partial charge in [-0.15, -0.1) is 0 Å². The molecule has 0 spiro atoms. The van der Waals surface area contributed by atoms with E-state index in [1.54, 1.807) is 32.9 Å². The van der Waals surface area contributed by atoms with Crippen LogP contribution in [-0.4, -0.2) is 34.2 Å². The Bertz CT molecular complexity index is 350. The van der Waals surface area contributed by atoms with Gasteiger partial charge in [-0.2, -0.15) is 0 Å². The lowest BCUT2D eigenvalue weighted by molar-refractivity contribution is -0.117. The van der Waals surface area contributed by atoms with Crippen molar-refractivity contribution in [3.63, 3.8) is 0 Å². The zero-order chi connectivity index (χ0) is 13.1. The van der Waals surface area contributed by atoms with E-state index in [-0.39, 0.29) is 13.0 Å². The first-order valence-corrected chi connectivity index (χ1v) is 5.47. The minimum atomic E-state index is -1.82. The van der Waals surface area contributed by atoms with Crippen molar-refractivity contribution in [1.29, 1.82) is 0 Å². The van der Waals surface area contributed by atoms with E-state index < -0.39 is 17.5 Å². The van der Waals surface area contributed by atoms with Crippen molar-refractivity contribution in [2.24, 2.45) is 0 Å². The fourth-order valence-corrected chi connectivity index (χ4v) is 1.41. The zero-order valence-corrected chi connectivity index (χ0v) is 10.4. The number of ether oxygens (including phenoxy) is 1. The van der Waals surface area contributed by atoms with Crippen molar-refractivity contribution in [3.8, 4) is 0 Å². The molecule has 5 heteroatoms. The Morgan fingerprint density at radius 2 is 2.18 bits per heavy atom. The normalized spacial score (nSPS) is 18.5. The molecule has 96 valence electrons. The number of alkyl carbamates (subject to hydrolysis) is 1. The molecule has 17 heavy (non-hydrogen) atoms. The van der Waals surface area contributed by atoms with Gasteiger partial charge in [0.2, 0.25) is 0 Å². The summed E-state index contributed by atoms with van der Waals surface area (Å²) < 4.78 is 5.06. The highest BCUT2D eigenvalue weighted by molar-refractivity contribution is 5.68. The Labute approximate surface area is 101 Å². The molecule has 0 atom stereocenters. The maximum atomic E-state index is 11.4. The first-order chi connectivity index (χ1) is 7.68. The number of rotatable bonds is 2. The van der Waals surface area contributed by atoms with Gasteiger partial charge in [-0.3, -0.25) is 0 Å². The first kappa shape index (κ1) is 13.7. The van der Waals surface area contributed by atoms with Gasteiger partial charge >= 0.3 is 6.09 Å². The predicted molar refractivity (Wildman–Crippen MR) is 63.2 cm³/mol. The van der Waals surface area contributed by atoms with Crippen molar-refractivity contribution in [1.82, 2.24) is 5.32 Å². The molecule has 0 fully saturated rings. The largest absolute Gasteiger partial charge is 0.444 e. The van der Waals surface area contributed by atoms with E-state index >= 15 is 0 Å². The molecule has 3 N–H and O–H groups in total. The number of nitrogens with one attached hydrogen (secondary N) is 1. The minimum Gasteiger partial charge on any atom is -0.444 e. The number of carbonyl (C=O) groups is 1. The second-order valence-corrected chi connectivity index (χ2v) is 5.09. The lowest BCUT2D eigenvalue weighted by Gasteiger charge is -2.23. The molecule has 0 aromatic carbocycles. The van der Waals surface area contributed by atoms with E-state index in [2.05, 4.69) is 5.32 Å². The van der Waals surface area contributed by atoms with Gasteiger partial charge in [-0.25, -0.2) is 4.79 Å². The van der Waals surface area contributed by atoms with Crippen molar-refractivity contribution < 1.29 is 19.7 Å². The Hall–Kier alpha value is -1.33. The molecular formula is C12H19NO4. The third-order valence-electron chi connectivity index (χ3n) is 2.04. The highest BCUT2D eigenvalue weighted by atomic mass is 16.6. The lowest BCUT2D eigenvalue weighted by atomic mass is 10.00. The number of allylic oxidation sites excluding steroid dienone is 2. The van der Waals surface area contributed by atoms with E-state index in [1.165, 1.54) is 6.08 Å². The van der Waals surface area contributed by atoms with Gasteiger partial charge in [0, 0.05) is 13.0 Å². The second-order valence-electron chi connectivity index (χ2n) is 5.09. The van der Waals surface area contributed by atoms with E-state index in [9.17, 15) is 15.0 Å². The summed E-state index contributed by atoms with van der Waals surface area (Å²) in [6.45, 7) is 5.58. The molecule has 0 saturated heterocycles. The molecule has 1 rings (SSSR count). The molecule has 0 heterocycles. The molecule has 0 aromatic heterocycles. The van der Waals surface area contributed by atoms with Crippen LogP contribution in [0.3, 0.4) is 0 Å². The molecule has 0 saturated carbocycles. The highest BCUT2D eigenvalue weighted by Gasteiger charge is 2.23. The lowest BCUT2D eigenvalue weighted by Crippen LogP contribution is -2.35. The average Bonchev–Trinajstić information content (AvgIpc) is 2.10. The van der Waals surface area contributed by atoms with Gasteiger partial charge in [0.15, 0.2) is 5.79 Å². The molecule has 1 aliphatic carbocycles. The van der Waals surface area contributed by atoms with Crippen LogP contribution in [0, 0.1) is 0 Å². The fourth-order valence-electron chi connectivity index (χ4n) is 1.41. The topological polar surface area (TPSA) is 78.8 Å². The molecular weight excluding hydrogens is 222 g/mol. The van der Waals surface area contributed by atoms with E-state index in [0.717, 1.165) is 5.57 Å². The van der Waals surface area contributed by atoms with Crippen LogP contribution in [0.1, 0.15) is 27.2 Å². The second kappa shape index (κ2) is 4.89. The van der Waals surface area contributed by atoms with Crippen LogP contribution in [0.25, 0.3) is 0 Å². The molecule has 1 amide bonds. The van der Waals surface area contributed by atoms with Gasteiger partial charge in [0.05, 0.1) is 0 Å². The number of hydrogen-bond donors (Lipinski definition) is 3. The first-order valence-electron chi connectivity index (χ1n) is 5.47. The van der Waals surface area contributed by atoms with Crippen LogP contribution in [0.4, 0.5) is 4.79 Å². The highest BCUT2D eigenvalue weighted by Crippen LogP contribution is 2.19. The predicted octanol–water partition coefficient (Wildman–Crippen LogP) is 1.08. The van der Waals surface area contributed by atoms with Crippen LogP contribution in [0.15, 0.2) is 23.8 Å². The number of hydrogen-bond acceptors (Lipinski definition) is 4. The van der Waals surface area contributed by atoms with E-state index in [1.807, 2.05) is 0 Å². The van der Waals surface area contributed by atoms with Crippen LogP contribution in [0.2, 0.25) is 0 Å². The fraction of sp³-hybridized carbons (Fsp3) is 0.583. The third-order valence-corrected chi connectivity index (χ3v) is 2.04. The van der Waals surface area contributed by atoms with Gasteiger partial charge in [-0.1, -0.05) is 12.2 Å². The summed E-state index contributed by atoms with van der Waals surface area (Å²) in [5, 5.41) is 21.3. The standard InChI is InChI=1S/C12H19NO4/c1-11(2,3)17-10(14)13-8-9-5-4-6-12(15,16)7-9/h4-6,15-16H,7-8H2,1-3H3,(H,13,14). The summed E-state index contributed by atoms with van der Waals surface area (Å²) in [4.78, 5) is 11.4. The smallest absolute Gasteiger partial charge is 0.407 e. The van der Waals surface area contributed by atoms with Gasteiger partial charge in [0.25, 0.3) is 0 Å². The molecule has 0 bridgehead atoms. The van der Waals surface area contributed by atoms with Crippen molar-refractivity contribution >= 4 is 6.09 Å². The molecule has 0 unspecified atom stereocenters. The van der Waals surface area contributed by atoms with Crippen LogP contribution >= 0.6 is 0 Å². The molecule has 5 nitrogen and oxygen atoms in total. The number of carbonyl (C=O) groups excluding carboxylic acids is 1. The quantitative estimate of drug-likeness (QED) is 0.632. The minimum absolute atomic E-state index is 0.0826. The van der Waals surface area contributed by atoms with Crippen molar-refractivity contribution in [2.45, 2.75) is 38.6 Å². The van der Waals surface area contributed by atoms with Crippen molar-refractivity contribution in [2.75, 3.05) is 6.54 Å². The zero-order valence-electron chi connectivity index (χ0n) is 10.4. The number of amides is 1. The summed E-state index contributed by atoms with van der Waals surface area (Å²) in [6, 6.07) is 0. The Morgan fingerprint density at radius 1 is 1.53 bits per heavy atom. The summed E-state index contributed by atoms with van der Waals surface area (Å²) in [5.41, 5.74) is 0.186. The summed E-state index contributed by atoms with van der Waals surface area (Å²) in [6.07, 6.45) is 4.15. The third kappa shape index (κ3) is 5.51.